The van der Waals surface area contributed by atoms with Gasteiger partial charge in [-0.3, -0.25) is 9.52 Å². The highest BCUT2D eigenvalue weighted by Crippen LogP contribution is 2.23. The second-order valence-corrected chi connectivity index (χ2v) is 10.2. The summed E-state index contributed by atoms with van der Waals surface area (Å²) in [5.41, 5.74) is 2.42. The van der Waals surface area contributed by atoms with E-state index in [1.54, 1.807) is 43.5 Å². The number of fused-ring (bicyclic) bond motifs is 1. The van der Waals surface area contributed by atoms with Gasteiger partial charge < -0.3 is 9.30 Å². The molecule has 1 N–H and O–H groups in total. The molecular formula is C25H23N3O4S2. The molecule has 174 valence electrons. The number of rotatable bonds is 7. The van der Waals surface area contributed by atoms with Crippen LogP contribution in [0.1, 0.15) is 15.9 Å². The molecule has 1 amide bonds. The van der Waals surface area contributed by atoms with E-state index in [9.17, 15) is 13.2 Å². The van der Waals surface area contributed by atoms with Crippen molar-refractivity contribution in [2.45, 2.75) is 18.4 Å². The number of allylic oxidation sites excluding steroid dienone is 1. The van der Waals surface area contributed by atoms with Crippen molar-refractivity contribution in [1.82, 2.24) is 4.57 Å². The highest BCUT2D eigenvalue weighted by Gasteiger charge is 2.15. The van der Waals surface area contributed by atoms with Crippen molar-refractivity contribution in [1.29, 1.82) is 0 Å². The number of anilines is 1. The second-order valence-electron chi connectivity index (χ2n) is 7.53. The van der Waals surface area contributed by atoms with E-state index in [2.05, 4.69) is 16.3 Å². The molecule has 4 aromatic rings. The molecule has 7 nitrogen and oxygen atoms in total. The average molecular weight is 494 g/mol. The van der Waals surface area contributed by atoms with Gasteiger partial charge in [-0.1, -0.05) is 41.2 Å². The summed E-state index contributed by atoms with van der Waals surface area (Å²) >= 11 is 1.37. The van der Waals surface area contributed by atoms with Crippen molar-refractivity contribution in [2.75, 3.05) is 11.8 Å². The van der Waals surface area contributed by atoms with E-state index in [-0.39, 0.29) is 16.1 Å². The van der Waals surface area contributed by atoms with E-state index < -0.39 is 15.9 Å². The number of benzene rings is 3. The Balaban J connectivity index is 1.67. The third-order valence-electron chi connectivity index (χ3n) is 5.09. The lowest BCUT2D eigenvalue weighted by atomic mass is 10.2. The molecular weight excluding hydrogens is 470 g/mol. The zero-order valence-corrected chi connectivity index (χ0v) is 20.3. The van der Waals surface area contributed by atoms with Gasteiger partial charge in [-0.25, -0.2) is 8.42 Å². The Morgan fingerprint density at radius 1 is 1.15 bits per heavy atom. The molecule has 0 saturated carbocycles. The summed E-state index contributed by atoms with van der Waals surface area (Å²) in [7, 11) is -2.19. The van der Waals surface area contributed by atoms with Gasteiger partial charge in [0.05, 0.1) is 22.2 Å². The molecule has 0 aliphatic heterocycles. The van der Waals surface area contributed by atoms with E-state index in [0.29, 0.717) is 17.1 Å². The van der Waals surface area contributed by atoms with Gasteiger partial charge in [0.2, 0.25) is 0 Å². The van der Waals surface area contributed by atoms with Gasteiger partial charge in [0.15, 0.2) is 4.80 Å². The van der Waals surface area contributed by atoms with Crippen LogP contribution >= 0.6 is 11.3 Å². The minimum atomic E-state index is -3.79. The molecule has 3 aromatic carbocycles. The van der Waals surface area contributed by atoms with E-state index in [1.807, 2.05) is 29.7 Å². The zero-order chi connectivity index (χ0) is 24.3. The van der Waals surface area contributed by atoms with Gasteiger partial charge in [-0.2, -0.15) is 4.99 Å². The molecule has 0 bridgehead atoms. The topological polar surface area (TPSA) is 89.8 Å². The molecule has 34 heavy (non-hydrogen) atoms. The summed E-state index contributed by atoms with van der Waals surface area (Å²) in [5, 5.41) is 0. The van der Waals surface area contributed by atoms with Crippen LogP contribution in [0.25, 0.3) is 10.2 Å². The first-order valence-electron chi connectivity index (χ1n) is 10.4. The molecule has 1 heterocycles. The maximum Gasteiger partial charge on any atom is 0.279 e. The first-order valence-corrected chi connectivity index (χ1v) is 12.7. The standard InChI is InChI=1S/C25H23N3O4S2/c1-4-14-28-22-13-10-20(32-3)16-23(22)33-25(28)26-24(29)18-6-5-7-19(15-18)27-34(30,31)21-11-8-17(2)9-12-21/h4-13,15-16,27H,1,14H2,2-3H3. The fourth-order valence-electron chi connectivity index (χ4n) is 3.37. The van der Waals surface area contributed by atoms with Gasteiger partial charge >= 0.3 is 0 Å². The number of aryl methyl sites for hydroxylation is 1. The summed E-state index contributed by atoms with van der Waals surface area (Å²) < 4.78 is 36.1. The maximum atomic E-state index is 13.0. The predicted molar refractivity (Wildman–Crippen MR) is 135 cm³/mol. The summed E-state index contributed by atoms with van der Waals surface area (Å²) in [6, 6.07) is 18.5. The Labute approximate surface area is 201 Å². The molecule has 4 rings (SSSR count). The summed E-state index contributed by atoms with van der Waals surface area (Å²) in [6.07, 6.45) is 1.74. The van der Waals surface area contributed by atoms with Crippen LogP contribution < -0.4 is 14.3 Å². The van der Waals surface area contributed by atoms with Crippen molar-refractivity contribution in [2.24, 2.45) is 4.99 Å². The lowest BCUT2D eigenvalue weighted by molar-refractivity contribution is 0.0998. The Bertz CT molecular complexity index is 1550. The number of ether oxygens (including phenoxy) is 1. The zero-order valence-electron chi connectivity index (χ0n) is 18.7. The SMILES string of the molecule is C=CCn1c(=NC(=O)c2cccc(NS(=O)(=O)c3ccc(C)cc3)c2)sc2cc(OC)ccc21. The molecule has 1 aromatic heterocycles. The van der Waals surface area contributed by atoms with Crippen LogP contribution in [0.5, 0.6) is 5.75 Å². The number of sulfonamides is 1. The van der Waals surface area contributed by atoms with Gasteiger partial charge in [0.1, 0.15) is 5.75 Å². The highest BCUT2D eigenvalue weighted by atomic mass is 32.2. The van der Waals surface area contributed by atoms with Crippen molar-refractivity contribution in [3.05, 3.63) is 95.3 Å². The molecule has 0 radical (unpaired) electrons. The maximum absolute atomic E-state index is 13.0. The van der Waals surface area contributed by atoms with Gasteiger partial charge in [-0.05, 0) is 55.5 Å². The predicted octanol–water partition coefficient (Wildman–Crippen LogP) is 4.75. The van der Waals surface area contributed by atoms with E-state index >= 15 is 0 Å². The summed E-state index contributed by atoms with van der Waals surface area (Å²) in [4.78, 5) is 18.0. The lowest BCUT2D eigenvalue weighted by Gasteiger charge is -2.09. The van der Waals surface area contributed by atoms with Gasteiger partial charge in [0, 0.05) is 17.8 Å². The van der Waals surface area contributed by atoms with Crippen molar-refractivity contribution < 1.29 is 17.9 Å². The number of aromatic nitrogens is 1. The minimum absolute atomic E-state index is 0.144. The molecule has 9 heteroatoms. The molecule has 0 spiro atoms. The first-order chi connectivity index (χ1) is 16.3. The second kappa shape index (κ2) is 9.66. The average Bonchev–Trinajstić information content (AvgIpc) is 3.15. The van der Waals surface area contributed by atoms with Crippen LogP contribution in [-0.2, 0) is 16.6 Å². The van der Waals surface area contributed by atoms with Gasteiger partial charge in [0.25, 0.3) is 15.9 Å². The smallest absolute Gasteiger partial charge is 0.279 e. The fraction of sp³-hybridized carbons (Fsp3) is 0.120. The van der Waals surface area contributed by atoms with Crippen LogP contribution in [0.2, 0.25) is 0 Å². The Hall–Kier alpha value is -3.69. The van der Waals surface area contributed by atoms with E-state index in [0.717, 1.165) is 15.8 Å². The number of hydrogen-bond acceptors (Lipinski definition) is 5. The molecule has 0 aliphatic carbocycles. The summed E-state index contributed by atoms with van der Waals surface area (Å²) in [5.74, 6) is 0.235. The third-order valence-corrected chi connectivity index (χ3v) is 7.53. The number of methoxy groups -OCH3 is 1. The molecule has 0 aliphatic rings. The normalized spacial score (nSPS) is 12.0. The number of nitrogens with zero attached hydrogens (tertiary/aromatic N) is 2. The number of carbonyl (C=O) groups excluding carboxylic acids is 1. The van der Waals surface area contributed by atoms with Crippen LogP contribution in [-0.4, -0.2) is 26.0 Å². The number of nitrogens with one attached hydrogen (secondary N) is 1. The quantitative estimate of drug-likeness (QED) is 0.376. The Morgan fingerprint density at radius 2 is 1.91 bits per heavy atom. The molecule has 0 saturated heterocycles. The van der Waals surface area contributed by atoms with Crippen molar-refractivity contribution in [3.8, 4) is 5.75 Å². The number of hydrogen-bond donors (Lipinski definition) is 1. The van der Waals surface area contributed by atoms with Gasteiger partial charge in [-0.15, -0.1) is 6.58 Å². The van der Waals surface area contributed by atoms with Crippen LogP contribution in [0.4, 0.5) is 5.69 Å². The largest absolute Gasteiger partial charge is 0.497 e. The van der Waals surface area contributed by atoms with Crippen molar-refractivity contribution in [3.63, 3.8) is 0 Å². The third kappa shape index (κ3) is 4.95. The lowest BCUT2D eigenvalue weighted by Crippen LogP contribution is -2.16. The molecule has 0 unspecified atom stereocenters. The van der Waals surface area contributed by atoms with Crippen LogP contribution in [0.3, 0.4) is 0 Å². The Morgan fingerprint density at radius 3 is 2.62 bits per heavy atom. The van der Waals surface area contributed by atoms with E-state index in [4.69, 9.17) is 4.74 Å². The fourth-order valence-corrected chi connectivity index (χ4v) is 5.49. The van der Waals surface area contributed by atoms with Crippen molar-refractivity contribution >= 4 is 43.2 Å². The number of amides is 1. The molecule has 0 fully saturated rings. The van der Waals surface area contributed by atoms with Crippen LogP contribution in [0, 0.1) is 6.92 Å². The summed E-state index contributed by atoms with van der Waals surface area (Å²) in [6.45, 7) is 6.16. The van der Waals surface area contributed by atoms with Crippen LogP contribution in [0.15, 0.2) is 89.3 Å². The Kier molecular flexibility index (Phi) is 6.67. The monoisotopic (exact) mass is 493 g/mol. The first kappa shape index (κ1) is 23.5. The number of thiazole rings is 1. The highest BCUT2D eigenvalue weighted by molar-refractivity contribution is 7.92. The molecule has 0 atom stereocenters. The minimum Gasteiger partial charge on any atom is -0.497 e. The van der Waals surface area contributed by atoms with E-state index in [1.165, 1.54) is 29.5 Å². The number of carbonyl (C=O) groups is 1.